The number of hydrogen-bond acceptors (Lipinski definition) is 4. The molecule has 0 unspecified atom stereocenters. The summed E-state index contributed by atoms with van der Waals surface area (Å²) in [5.41, 5.74) is 0.707. The van der Waals surface area contributed by atoms with Gasteiger partial charge in [0.2, 0.25) is 0 Å². The molecule has 2 aromatic rings. The van der Waals surface area contributed by atoms with Crippen molar-refractivity contribution in [2.75, 3.05) is 4.90 Å². The molecule has 1 aromatic heterocycles. The zero-order valence-corrected chi connectivity index (χ0v) is 14.9. The Labute approximate surface area is 151 Å². The van der Waals surface area contributed by atoms with Gasteiger partial charge >= 0.3 is 0 Å². The number of carbonyl (C=O) groups is 2. The molecule has 1 atom stereocenters. The van der Waals surface area contributed by atoms with Crippen LogP contribution in [0.4, 0.5) is 5.82 Å². The maximum Gasteiger partial charge on any atom is 0.295 e. The lowest BCUT2D eigenvalue weighted by atomic mass is 9.97. The van der Waals surface area contributed by atoms with Crippen LogP contribution in [0.3, 0.4) is 0 Å². The number of aliphatic hydroxyl groups is 1. The number of amides is 1. The summed E-state index contributed by atoms with van der Waals surface area (Å²) in [5.74, 6) is -1.24. The number of carbonyl (C=O) groups excluding carboxylic acids is 2. The molecular formula is C17H12BrClN2O3. The van der Waals surface area contributed by atoms with Crippen molar-refractivity contribution in [1.82, 2.24) is 4.98 Å². The standard InChI is InChI=1S/C17H12BrClN2O3/c1-9(22)14-15(10-2-5-12(19)6-3-10)21(17(24)16(14)23)13-7-4-11(18)8-20-13/h2-8,15,23H,1H3/t15-/m0/s1. The first-order valence-corrected chi connectivity index (χ1v) is 8.22. The van der Waals surface area contributed by atoms with Crippen LogP contribution in [-0.4, -0.2) is 21.8 Å². The highest BCUT2D eigenvalue weighted by Crippen LogP contribution is 2.40. The minimum atomic E-state index is -0.749. The van der Waals surface area contributed by atoms with Gasteiger partial charge in [0.1, 0.15) is 5.82 Å². The molecule has 0 radical (unpaired) electrons. The zero-order valence-electron chi connectivity index (χ0n) is 12.5. The predicted octanol–water partition coefficient (Wildman–Crippen LogP) is 3.99. The molecule has 0 saturated carbocycles. The summed E-state index contributed by atoms with van der Waals surface area (Å²) in [6.45, 7) is 1.32. The van der Waals surface area contributed by atoms with E-state index in [0.717, 1.165) is 4.47 Å². The number of hydrogen-bond donors (Lipinski definition) is 1. The van der Waals surface area contributed by atoms with Crippen molar-refractivity contribution in [3.63, 3.8) is 0 Å². The normalized spacial score (nSPS) is 17.5. The molecule has 1 N–H and O–H groups in total. The van der Waals surface area contributed by atoms with Gasteiger partial charge in [-0.1, -0.05) is 23.7 Å². The first-order valence-electron chi connectivity index (χ1n) is 7.05. The summed E-state index contributed by atoms with van der Waals surface area (Å²) in [4.78, 5) is 30.1. The van der Waals surface area contributed by atoms with Crippen LogP contribution in [0.25, 0.3) is 0 Å². The van der Waals surface area contributed by atoms with Crippen molar-refractivity contribution < 1.29 is 14.7 Å². The number of aliphatic hydroxyl groups excluding tert-OH is 1. The molecule has 122 valence electrons. The van der Waals surface area contributed by atoms with E-state index in [-0.39, 0.29) is 11.4 Å². The SMILES string of the molecule is CC(=O)C1=C(O)C(=O)N(c2ccc(Br)cn2)[C@H]1c1ccc(Cl)cc1. The average Bonchev–Trinajstić information content (AvgIpc) is 2.81. The number of halogens is 2. The molecule has 1 aliphatic heterocycles. The van der Waals surface area contributed by atoms with Gasteiger partial charge in [-0.25, -0.2) is 4.98 Å². The van der Waals surface area contributed by atoms with Crippen LogP contribution < -0.4 is 4.90 Å². The lowest BCUT2D eigenvalue weighted by Crippen LogP contribution is -2.31. The smallest absolute Gasteiger partial charge is 0.295 e. The Bertz CT molecular complexity index is 847. The minimum Gasteiger partial charge on any atom is -0.503 e. The minimum absolute atomic E-state index is 0.0482. The Morgan fingerprint density at radius 2 is 1.92 bits per heavy atom. The third-order valence-corrected chi connectivity index (χ3v) is 4.45. The second kappa shape index (κ2) is 6.37. The summed E-state index contributed by atoms with van der Waals surface area (Å²) in [6, 6.07) is 9.39. The van der Waals surface area contributed by atoms with E-state index in [2.05, 4.69) is 20.9 Å². The lowest BCUT2D eigenvalue weighted by Gasteiger charge is -2.25. The maximum atomic E-state index is 12.5. The Balaban J connectivity index is 2.16. The molecule has 2 heterocycles. The zero-order chi connectivity index (χ0) is 17.4. The van der Waals surface area contributed by atoms with Crippen LogP contribution in [0.2, 0.25) is 5.02 Å². The van der Waals surface area contributed by atoms with Gasteiger partial charge in [0.25, 0.3) is 5.91 Å². The van der Waals surface area contributed by atoms with Crippen LogP contribution in [0.1, 0.15) is 18.5 Å². The van der Waals surface area contributed by atoms with Crippen molar-refractivity contribution in [3.8, 4) is 0 Å². The topological polar surface area (TPSA) is 70.5 Å². The monoisotopic (exact) mass is 406 g/mol. The number of nitrogens with zero attached hydrogens (tertiary/aromatic N) is 2. The number of pyridine rings is 1. The summed E-state index contributed by atoms with van der Waals surface area (Å²) in [7, 11) is 0. The molecule has 1 aliphatic rings. The quantitative estimate of drug-likeness (QED) is 0.835. The molecular weight excluding hydrogens is 396 g/mol. The molecule has 7 heteroatoms. The van der Waals surface area contributed by atoms with Crippen LogP contribution in [-0.2, 0) is 9.59 Å². The van der Waals surface area contributed by atoms with E-state index in [9.17, 15) is 14.7 Å². The molecule has 0 fully saturated rings. The Hall–Kier alpha value is -2.18. The third-order valence-electron chi connectivity index (χ3n) is 3.73. The third kappa shape index (κ3) is 2.83. The predicted molar refractivity (Wildman–Crippen MR) is 94.0 cm³/mol. The van der Waals surface area contributed by atoms with Gasteiger partial charge < -0.3 is 5.11 Å². The fraction of sp³-hybridized carbons (Fsp3) is 0.118. The van der Waals surface area contributed by atoms with E-state index in [1.807, 2.05) is 0 Å². The largest absolute Gasteiger partial charge is 0.503 e. The molecule has 3 rings (SSSR count). The number of ketones is 1. The van der Waals surface area contributed by atoms with Crippen LogP contribution in [0.5, 0.6) is 0 Å². The van der Waals surface area contributed by atoms with Crippen LogP contribution in [0, 0.1) is 0 Å². The molecule has 0 spiro atoms. The van der Waals surface area contributed by atoms with E-state index >= 15 is 0 Å². The molecule has 0 saturated heterocycles. The van der Waals surface area contributed by atoms with E-state index in [1.54, 1.807) is 42.6 Å². The van der Waals surface area contributed by atoms with E-state index in [0.29, 0.717) is 16.4 Å². The highest BCUT2D eigenvalue weighted by molar-refractivity contribution is 9.10. The maximum absolute atomic E-state index is 12.5. The van der Waals surface area contributed by atoms with Gasteiger partial charge in [0.05, 0.1) is 11.6 Å². The van der Waals surface area contributed by atoms with Gasteiger partial charge in [-0.05, 0) is 52.7 Å². The molecule has 5 nitrogen and oxygen atoms in total. The van der Waals surface area contributed by atoms with Crippen molar-refractivity contribution in [3.05, 3.63) is 69.0 Å². The van der Waals surface area contributed by atoms with E-state index in [4.69, 9.17) is 11.6 Å². The van der Waals surface area contributed by atoms with Crippen LogP contribution >= 0.6 is 27.5 Å². The number of aromatic nitrogens is 1. The van der Waals surface area contributed by atoms with Gasteiger partial charge in [-0.2, -0.15) is 0 Å². The van der Waals surface area contributed by atoms with Crippen molar-refractivity contribution in [1.29, 1.82) is 0 Å². The van der Waals surface area contributed by atoms with Gasteiger partial charge in [0, 0.05) is 15.7 Å². The number of benzene rings is 1. The van der Waals surface area contributed by atoms with E-state index in [1.165, 1.54) is 11.8 Å². The Morgan fingerprint density at radius 1 is 1.25 bits per heavy atom. The highest BCUT2D eigenvalue weighted by Gasteiger charge is 2.43. The fourth-order valence-electron chi connectivity index (χ4n) is 2.67. The molecule has 0 bridgehead atoms. The summed E-state index contributed by atoms with van der Waals surface area (Å²) in [6.07, 6.45) is 1.55. The number of Topliss-reactive ketones (excluding diaryl/α,β-unsaturated/α-hetero) is 1. The van der Waals surface area contributed by atoms with Crippen molar-refractivity contribution >= 4 is 45.0 Å². The number of anilines is 1. The average molecular weight is 408 g/mol. The molecule has 1 amide bonds. The van der Waals surface area contributed by atoms with Gasteiger partial charge in [0.15, 0.2) is 11.5 Å². The second-order valence-corrected chi connectivity index (χ2v) is 6.63. The first kappa shape index (κ1) is 16.7. The van der Waals surface area contributed by atoms with Gasteiger partial charge in [-0.3, -0.25) is 14.5 Å². The number of rotatable bonds is 3. The van der Waals surface area contributed by atoms with Gasteiger partial charge in [-0.15, -0.1) is 0 Å². The molecule has 0 aliphatic carbocycles. The summed E-state index contributed by atoms with van der Waals surface area (Å²) < 4.78 is 0.755. The van der Waals surface area contributed by atoms with E-state index < -0.39 is 17.7 Å². The summed E-state index contributed by atoms with van der Waals surface area (Å²) in [5, 5.41) is 10.7. The molecule has 1 aromatic carbocycles. The molecule has 24 heavy (non-hydrogen) atoms. The van der Waals surface area contributed by atoms with Crippen LogP contribution in [0.15, 0.2) is 58.4 Å². The Morgan fingerprint density at radius 3 is 2.46 bits per heavy atom. The fourth-order valence-corrected chi connectivity index (χ4v) is 3.03. The lowest BCUT2D eigenvalue weighted by molar-refractivity contribution is -0.117. The highest BCUT2D eigenvalue weighted by atomic mass is 79.9. The van der Waals surface area contributed by atoms with Crippen molar-refractivity contribution in [2.45, 2.75) is 13.0 Å². The second-order valence-electron chi connectivity index (χ2n) is 5.28. The first-order chi connectivity index (χ1) is 11.4. The van der Waals surface area contributed by atoms with Crippen molar-refractivity contribution in [2.24, 2.45) is 0 Å². The summed E-state index contributed by atoms with van der Waals surface area (Å²) >= 11 is 9.21. The Kier molecular flexibility index (Phi) is 4.43.